The van der Waals surface area contributed by atoms with Gasteiger partial charge in [-0.1, -0.05) is 30.3 Å². The van der Waals surface area contributed by atoms with Crippen LogP contribution in [0.3, 0.4) is 0 Å². The molecule has 2 heterocycles. The molecule has 0 saturated carbocycles. The van der Waals surface area contributed by atoms with Crippen LogP contribution in [-0.4, -0.2) is 55.6 Å². The Balaban J connectivity index is 0.000000934. The molecule has 0 bridgehead atoms. The third kappa shape index (κ3) is 7.03. The van der Waals surface area contributed by atoms with Gasteiger partial charge in [-0.15, -0.1) is 10.2 Å². The summed E-state index contributed by atoms with van der Waals surface area (Å²) in [5.74, 6) is 0.887. The molecule has 0 spiro atoms. The molecule has 2 aromatic heterocycles. The van der Waals surface area contributed by atoms with Crippen molar-refractivity contribution in [3.05, 3.63) is 93.8 Å². The zero-order chi connectivity index (χ0) is 27.7. The first-order valence-corrected chi connectivity index (χ1v) is 11.6. The van der Waals surface area contributed by atoms with Crippen molar-refractivity contribution in [1.29, 1.82) is 5.41 Å². The Bertz CT molecular complexity index is 1430. The van der Waals surface area contributed by atoms with Crippen LogP contribution in [0.1, 0.15) is 42.3 Å². The van der Waals surface area contributed by atoms with Gasteiger partial charge < -0.3 is 20.3 Å². The number of amidine groups is 1. The number of carbonyl (C=O) groups is 1. The molecule has 4 rings (SSSR count). The summed E-state index contributed by atoms with van der Waals surface area (Å²) in [6.45, 7) is 3.47. The lowest BCUT2D eigenvalue weighted by atomic mass is 9.90. The molecule has 2 aromatic carbocycles. The molecule has 38 heavy (non-hydrogen) atoms. The number of carboxylic acid groups (broad SMARTS) is 1. The first-order valence-electron chi connectivity index (χ1n) is 11.6. The molecule has 4 aromatic rings. The number of aromatic amines is 1. The number of nitrogens with one attached hydrogen (secondary N) is 2. The highest BCUT2D eigenvalue weighted by Crippen LogP contribution is 2.34. The minimum absolute atomic E-state index is 0.00616. The van der Waals surface area contributed by atoms with Gasteiger partial charge in [0, 0.05) is 24.6 Å². The van der Waals surface area contributed by atoms with Gasteiger partial charge in [-0.25, -0.2) is 4.79 Å². The normalized spacial score (nSPS) is 11.1. The lowest BCUT2D eigenvalue weighted by molar-refractivity contribution is -0.134. The van der Waals surface area contributed by atoms with E-state index in [0.717, 1.165) is 18.1 Å². The van der Waals surface area contributed by atoms with Gasteiger partial charge in [0.25, 0.3) is 5.97 Å². The molecule has 198 valence electrons. The van der Waals surface area contributed by atoms with Crippen molar-refractivity contribution in [3.63, 3.8) is 0 Å². The van der Waals surface area contributed by atoms with Crippen molar-refractivity contribution in [2.24, 2.45) is 5.73 Å². The van der Waals surface area contributed by atoms with Crippen molar-refractivity contribution in [1.82, 2.24) is 25.0 Å². The Morgan fingerprint density at radius 2 is 1.89 bits per heavy atom. The van der Waals surface area contributed by atoms with E-state index in [0.29, 0.717) is 41.7 Å². The zero-order valence-corrected chi connectivity index (χ0v) is 21.2. The number of nitrogens with two attached hydrogens (primary N) is 1. The fourth-order valence-electron chi connectivity index (χ4n) is 3.67. The Morgan fingerprint density at radius 3 is 2.47 bits per heavy atom. The van der Waals surface area contributed by atoms with Gasteiger partial charge in [0.15, 0.2) is 17.3 Å². The van der Waals surface area contributed by atoms with Crippen LogP contribution in [0.5, 0.6) is 11.5 Å². The molecule has 12 nitrogen and oxygen atoms in total. The molecule has 12 heteroatoms. The van der Waals surface area contributed by atoms with Crippen LogP contribution in [0, 0.1) is 5.41 Å². The first kappa shape index (κ1) is 27.6. The van der Waals surface area contributed by atoms with Crippen LogP contribution in [0.2, 0.25) is 0 Å². The molecule has 0 aliphatic heterocycles. The van der Waals surface area contributed by atoms with Gasteiger partial charge in [0.05, 0.1) is 13.7 Å². The number of benzene rings is 2. The smallest absolute Gasteiger partial charge is 0.349 e. The molecular weight excluding hydrogens is 490 g/mol. The van der Waals surface area contributed by atoms with Crippen LogP contribution in [0.4, 0.5) is 0 Å². The average molecular weight is 520 g/mol. The van der Waals surface area contributed by atoms with Crippen LogP contribution >= 0.6 is 0 Å². The third-order valence-electron chi connectivity index (χ3n) is 5.34. The van der Waals surface area contributed by atoms with Gasteiger partial charge in [0.1, 0.15) is 11.7 Å². The van der Waals surface area contributed by atoms with Gasteiger partial charge in [-0.05, 0) is 48.7 Å². The maximum atomic E-state index is 12.7. The number of ether oxygens (including phenoxy) is 2. The number of H-pyrrole nitrogens is 1. The number of hydrogen-bond acceptors (Lipinski definition) is 8. The van der Waals surface area contributed by atoms with E-state index < -0.39 is 11.7 Å². The molecule has 0 radical (unpaired) electrons. The lowest BCUT2D eigenvalue weighted by Gasteiger charge is -2.18. The molecule has 1 atom stereocenters. The quantitative estimate of drug-likeness (QED) is 0.191. The van der Waals surface area contributed by atoms with Crippen molar-refractivity contribution < 1.29 is 19.4 Å². The molecule has 1 unspecified atom stereocenters. The summed E-state index contributed by atoms with van der Waals surface area (Å²) >= 11 is 0. The van der Waals surface area contributed by atoms with Crippen LogP contribution in [-0.2, 0) is 11.2 Å². The highest BCUT2D eigenvalue weighted by atomic mass is 16.5. The van der Waals surface area contributed by atoms with Gasteiger partial charge >= 0.3 is 5.69 Å². The molecule has 0 saturated heterocycles. The van der Waals surface area contributed by atoms with E-state index in [1.54, 1.807) is 31.4 Å². The monoisotopic (exact) mass is 519 g/mol. The summed E-state index contributed by atoms with van der Waals surface area (Å²) in [6.07, 6.45) is 2.06. The highest BCUT2D eigenvalue weighted by molar-refractivity contribution is 5.94. The molecular formula is C26H29N7O5. The van der Waals surface area contributed by atoms with Crippen molar-refractivity contribution in [2.75, 3.05) is 13.7 Å². The maximum absolute atomic E-state index is 12.7. The fraction of sp³-hybridized carbons (Fsp3) is 0.231. The van der Waals surface area contributed by atoms with E-state index in [1.165, 1.54) is 10.9 Å². The van der Waals surface area contributed by atoms with Gasteiger partial charge in [-0.2, -0.15) is 9.78 Å². The van der Waals surface area contributed by atoms with Crippen molar-refractivity contribution in [2.45, 2.75) is 26.2 Å². The lowest BCUT2D eigenvalue weighted by Crippen LogP contribution is -2.17. The van der Waals surface area contributed by atoms with Gasteiger partial charge in [0.2, 0.25) is 0 Å². The largest absolute Gasteiger partial charge is 0.493 e. The van der Waals surface area contributed by atoms with Gasteiger partial charge in [-0.3, -0.25) is 15.2 Å². The molecule has 0 aliphatic carbocycles. The topological polar surface area (TPSA) is 182 Å². The van der Waals surface area contributed by atoms with Crippen LogP contribution in [0.15, 0.2) is 65.6 Å². The number of aromatic nitrogens is 5. The number of hydrogen-bond donors (Lipinski definition) is 4. The SMILES string of the molecule is CC(=O)O.CCOc1cc(C(Cc2ccc(C(=N)N)cc2)c2nn(-c3cccnn3)c(=O)[nH]2)ccc1OC. The van der Waals surface area contributed by atoms with E-state index in [2.05, 4.69) is 20.3 Å². The van der Waals surface area contributed by atoms with E-state index in [1.807, 2.05) is 37.3 Å². The maximum Gasteiger partial charge on any atom is 0.349 e. The standard InChI is InChI=1S/C24H25N7O3.C2H4O2/c1-3-34-20-14-17(10-11-19(20)33-2)18(13-15-6-8-16(9-7-15)22(25)26)23-28-24(32)31(30-23)21-5-4-12-27-29-21;1-2(3)4/h4-12,14,18H,3,13H2,1-2H3,(H3,25,26)(H,28,30,32);1H3,(H,3,4). The summed E-state index contributed by atoms with van der Waals surface area (Å²) < 4.78 is 12.4. The minimum Gasteiger partial charge on any atom is -0.493 e. The van der Waals surface area contributed by atoms with E-state index in [4.69, 9.17) is 30.5 Å². The van der Waals surface area contributed by atoms with Crippen molar-refractivity contribution in [3.8, 4) is 17.3 Å². The Kier molecular flexibility index (Phi) is 9.30. The number of nitrogen functional groups attached to an aromatic ring is 1. The summed E-state index contributed by atoms with van der Waals surface area (Å²) in [7, 11) is 1.59. The Morgan fingerprint density at radius 1 is 1.18 bits per heavy atom. The second kappa shape index (κ2) is 12.8. The minimum atomic E-state index is -0.833. The van der Waals surface area contributed by atoms with Crippen LogP contribution < -0.4 is 20.9 Å². The number of carboxylic acids is 1. The third-order valence-corrected chi connectivity index (χ3v) is 5.34. The number of rotatable bonds is 9. The Hall–Kier alpha value is -5.00. The predicted molar refractivity (Wildman–Crippen MR) is 140 cm³/mol. The summed E-state index contributed by atoms with van der Waals surface area (Å²) in [5, 5.41) is 27.4. The summed E-state index contributed by atoms with van der Waals surface area (Å²) in [5.41, 5.74) is 7.69. The van der Waals surface area contributed by atoms with E-state index in [9.17, 15) is 4.79 Å². The zero-order valence-electron chi connectivity index (χ0n) is 21.2. The first-order chi connectivity index (χ1) is 18.2. The predicted octanol–water partition coefficient (Wildman–Crippen LogP) is 2.51. The van der Waals surface area contributed by atoms with Crippen molar-refractivity contribution >= 4 is 11.8 Å². The number of nitrogens with zero attached hydrogens (tertiary/aromatic N) is 4. The fourth-order valence-corrected chi connectivity index (χ4v) is 3.67. The molecule has 5 N–H and O–H groups in total. The van der Waals surface area contributed by atoms with E-state index in [-0.39, 0.29) is 11.8 Å². The summed E-state index contributed by atoms with van der Waals surface area (Å²) in [6, 6.07) is 16.4. The number of methoxy groups -OCH3 is 1. The summed E-state index contributed by atoms with van der Waals surface area (Å²) in [4.78, 5) is 24.6. The second-order valence-electron chi connectivity index (χ2n) is 8.04. The van der Waals surface area contributed by atoms with E-state index >= 15 is 0 Å². The highest BCUT2D eigenvalue weighted by Gasteiger charge is 2.23. The second-order valence-corrected chi connectivity index (χ2v) is 8.04. The van der Waals surface area contributed by atoms with Crippen LogP contribution in [0.25, 0.3) is 5.82 Å². The average Bonchev–Trinajstić information content (AvgIpc) is 3.29. The number of aliphatic carboxylic acids is 1. The molecule has 0 aliphatic rings. The Labute approximate surface area is 218 Å². The molecule has 0 amide bonds. The molecule has 0 fully saturated rings.